The van der Waals surface area contributed by atoms with E-state index in [-0.39, 0.29) is 17.4 Å². The average Bonchev–Trinajstić information content (AvgIpc) is 2.77. The maximum Gasteiger partial charge on any atom is 0.270 e. The number of amides is 1. The van der Waals surface area contributed by atoms with Crippen molar-refractivity contribution in [3.05, 3.63) is 101 Å². The normalized spacial score (nSPS) is 15.8. The van der Waals surface area contributed by atoms with Gasteiger partial charge in [0.25, 0.3) is 10.0 Å². The zero-order chi connectivity index (χ0) is 23.6. The molecule has 0 radical (unpaired) electrons. The molecule has 1 amide bonds. The monoisotopic (exact) mass is 461 g/mol. The zero-order valence-corrected chi connectivity index (χ0v) is 19.0. The molecule has 0 atom stereocenters. The summed E-state index contributed by atoms with van der Waals surface area (Å²) < 4.78 is 28.3. The van der Waals surface area contributed by atoms with E-state index in [1.807, 2.05) is 31.2 Å². The zero-order valence-electron chi connectivity index (χ0n) is 18.2. The van der Waals surface area contributed by atoms with Gasteiger partial charge in [-0.1, -0.05) is 42.0 Å². The summed E-state index contributed by atoms with van der Waals surface area (Å²) in [4.78, 5) is 24.0. The van der Waals surface area contributed by atoms with E-state index in [9.17, 15) is 18.0 Å². The van der Waals surface area contributed by atoms with Crippen molar-refractivity contribution < 1.29 is 18.0 Å². The van der Waals surface area contributed by atoms with E-state index in [1.165, 1.54) is 17.4 Å². The number of benzene rings is 3. The van der Waals surface area contributed by atoms with Crippen LogP contribution >= 0.6 is 0 Å². The number of rotatable bonds is 5. The third-order valence-corrected chi connectivity index (χ3v) is 6.96. The largest absolute Gasteiger partial charge is 0.360 e. The fourth-order valence-corrected chi connectivity index (χ4v) is 5.20. The summed E-state index contributed by atoms with van der Waals surface area (Å²) in [5.74, 6) is -0.752. The molecule has 0 saturated carbocycles. The van der Waals surface area contributed by atoms with Crippen molar-refractivity contribution in [3.63, 3.8) is 0 Å². The summed E-state index contributed by atoms with van der Waals surface area (Å²) in [7, 11) is -4.11. The van der Waals surface area contributed by atoms with Crippen molar-refractivity contribution >= 4 is 38.8 Å². The molecule has 3 aromatic carbocycles. The molecule has 0 spiro atoms. The Morgan fingerprint density at radius 3 is 2.36 bits per heavy atom. The molecular formula is C25H23N3O4S. The van der Waals surface area contributed by atoms with Crippen LogP contribution < -0.4 is 14.9 Å². The van der Waals surface area contributed by atoms with E-state index in [2.05, 4.69) is 10.6 Å². The van der Waals surface area contributed by atoms with Crippen molar-refractivity contribution in [1.29, 1.82) is 0 Å². The molecule has 7 nitrogen and oxygen atoms in total. The molecule has 0 bridgehead atoms. The Hall–Kier alpha value is -3.91. The predicted octanol–water partition coefficient (Wildman–Crippen LogP) is 4.44. The number of sulfonamides is 1. The number of nitrogens with one attached hydrogen (secondary N) is 2. The average molecular weight is 462 g/mol. The lowest BCUT2D eigenvalue weighted by atomic mass is 10.1. The summed E-state index contributed by atoms with van der Waals surface area (Å²) in [6, 6.07) is 21.0. The number of allylic oxidation sites excluding steroid dienone is 1. The van der Waals surface area contributed by atoms with Crippen LogP contribution in [0.3, 0.4) is 0 Å². The standard InChI is InChI=1S/C25H23N3O4S/c1-17-6-5-7-19(14-17)16-28-23-9-4-3-8-22(23)25(30)24(33(28,31)32)15-26-20-10-12-21(13-11-20)27-18(2)29/h3-15,26H,16H2,1-2H3,(H,27,29)/b24-15+. The van der Waals surface area contributed by atoms with Crippen molar-refractivity contribution in [2.24, 2.45) is 0 Å². The fraction of sp³-hybridized carbons (Fsp3) is 0.120. The van der Waals surface area contributed by atoms with Crippen molar-refractivity contribution in [2.45, 2.75) is 20.4 Å². The molecule has 0 saturated heterocycles. The van der Waals surface area contributed by atoms with E-state index in [4.69, 9.17) is 0 Å². The number of aryl methyl sites for hydroxylation is 1. The maximum atomic E-state index is 13.5. The number of nitrogens with zero attached hydrogens (tertiary/aromatic N) is 1. The van der Waals surface area contributed by atoms with Crippen LogP contribution in [-0.2, 0) is 21.4 Å². The van der Waals surface area contributed by atoms with Gasteiger partial charge in [-0.05, 0) is 48.9 Å². The number of carbonyl (C=O) groups excluding carboxylic acids is 2. The minimum atomic E-state index is -4.11. The van der Waals surface area contributed by atoms with E-state index < -0.39 is 15.8 Å². The highest BCUT2D eigenvalue weighted by Crippen LogP contribution is 2.36. The van der Waals surface area contributed by atoms with Gasteiger partial charge in [-0.25, -0.2) is 8.42 Å². The van der Waals surface area contributed by atoms with Crippen molar-refractivity contribution in [1.82, 2.24) is 0 Å². The highest BCUT2D eigenvalue weighted by atomic mass is 32.2. The van der Waals surface area contributed by atoms with Gasteiger partial charge in [0.1, 0.15) is 0 Å². The third kappa shape index (κ3) is 4.65. The van der Waals surface area contributed by atoms with Crippen LogP contribution in [0.4, 0.5) is 17.1 Å². The molecule has 8 heteroatoms. The molecule has 4 rings (SSSR count). The van der Waals surface area contributed by atoms with Gasteiger partial charge in [0.15, 0.2) is 4.91 Å². The Labute approximate surface area is 192 Å². The van der Waals surface area contributed by atoms with Crippen LogP contribution in [0.1, 0.15) is 28.4 Å². The van der Waals surface area contributed by atoms with Gasteiger partial charge in [-0.15, -0.1) is 0 Å². The van der Waals surface area contributed by atoms with Gasteiger partial charge >= 0.3 is 0 Å². The number of carbonyl (C=O) groups is 2. The Morgan fingerprint density at radius 2 is 1.67 bits per heavy atom. The van der Waals surface area contributed by atoms with Gasteiger partial charge in [-0.3, -0.25) is 13.9 Å². The van der Waals surface area contributed by atoms with Gasteiger partial charge in [0.05, 0.1) is 12.2 Å². The number of para-hydroxylation sites is 1. The van der Waals surface area contributed by atoms with E-state index in [1.54, 1.807) is 48.5 Å². The summed E-state index contributed by atoms with van der Waals surface area (Å²) in [6.07, 6.45) is 1.23. The summed E-state index contributed by atoms with van der Waals surface area (Å²) >= 11 is 0. The van der Waals surface area contributed by atoms with Gasteiger partial charge in [-0.2, -0.15) is 0 Å². The molecule has 0 unspecified atom stereocenters. The predicted molar refractivity (Wildman–Crippen MR) is 130 cm³/mol. The Kier molecular flexibility index (Phi) is 6.02. The molecule has 1 heterocycles. The molecule has 33 heavy (non-hydrogen) atoms. The summed E-state index contributed by atoms with van der Waals surface area (Å²) in [6.45, 7) is 3.46. The number of hydrogen-bond donors (Lipinski definition) is 2. The van der Waals surface area contributed by atoms with Crippen LogP contribution in [-0.4, -0.2) is 20.1 Å². The Bertz CT molecular complexity index is 1360. The minimum absolute atomic E-state index is 0.108. The fourth-order valence-electron chi connectivity index (χ4n) is 3.67. The van der Waals surface area contributed by atoms with E-state index >= 15 is 0 Å². The lowest BCUT2D eigenvalue weighted by Crippen LogP contribution is -2.39. The number of ketones is 1. The SMILES string of the molecule is CC(=O)Nc1ccc(N/C=C2\C(=O)c3ccccc3N(Cc3cccc(C)c3)S2(=O)=O)cc1. The number of hydrogen-bond acceptors (Lipinski definition) is 5. The first-order chi connectivity index (χ1) is 15.8. The Balaban J connectivity index is 1.69. The van der Waals surface area contributed by atoms with E-state index in [0.29, 0.717) is 22.6 Å². The van der Waals surface area contributed by atoms with Crippen LogP contribution in [0.15, 0.2) is 83.9 Å². The van der Waals surface area contributed by atoms with E-state index in [0.717, 1.165) is 11.1 Å². The molecule has 0 fully saturated rings. The second-order valence-electron chi connectivity index (χ2n) is 7.76. The number of anilines is 3. The second-order valence-corrected chi connectivity index (χ2v) is 9.59. The maximum absolute atomic E-state index is 13.5. The summed E-state index contributed by atoms with van der Waals surface area (Å²) in [5, 5.41) is 5.57. The Morgan fingerprint density at radius 1 is 0.970 bits per heavy atom. The molecule has 168 valence electrons. The first-order valence-electron chi connectivity index (χ1n) is 10.3. The molecule has 3 aromatic rings. The lowest BCUT2D eigenvalue weighted by molar-refractivity contribution is -0.114. The molecule has 1 aliphatic rings. The molecule has 0 aliphatic carbocycles. The smallest absolute Gasteiger partial charge is 0.270 e. The van der Waals surface area contributed by atoms with Crippen LogP contribution in [0.25, 0.3) is 0 Å². The molecule has 1 aliphatic heterocycles. The number of Topliss-reactive ketones (excluding diaryl/α,β-unsaturated/α-hetero) is 1. The quantitative estimate of drug-likeness (QED) is 0.548. The molecular weight excluding hydrogens is 438 g/mol. The van der Waals surface area contributed by atoms with Crippen LogP contribution in [0.5, 0.6) is 0 Å². The van der Waals surface area contributed by atoms with Gasteiger partial charge in [0, 0.05) is 30.1 Å². The van der Waals surface area contributed by atoms with Crippen molar-refractivity contribution in [2.75, 3.05) is 14.9 Å². The number of fused-ring (bicyclic) bond motifs is 1. The molecule has 0 aromatic heterocycles. The van der Waals surface area contributed by atoms with Gasteiger partial charge < -0.3 is 10.6 Å². The summed E-state index contributed by atoms with van der Waals surface area (Å²) in [5.41, 5.74) is 3.72. The third-order valence-electron chi connectivity index (χ3n) is 5.19. The highest BCUT2D eigenvalue weighted by Gasteiger charge is 2.40. The van der Waals surface area contributed by atoms with Crippen LogP contribution in [0, 0.1) is 6.92 Å². The minimum Gasteiger partial charge on any atom is -0.360 e. The topological polar surface area (TPSA) is 95.6 Å². The van der Waals surface area contributed by atoms with Crippen LogP contribution in [0.2, 0.25) is 0 Å². The second kappa shape index (κ2) is 8.91. The highest BCUT2D eigenvalue weighted by molar-refractivity contribution is 7.97. The first-order valence-corrected chi connectivity index (χ1v) is 11.8. The van der Waals surface area contributed by atoms with Gasteiger partial charge in [0.2, 0.25) is 11.7 Å². The molecule has 2 N–H and O–H groups in total. The first kappa shape index (κ1) is 22.3. The lowest BCUT2D eigenvalue weighted by Gasteiger charge is -2.31. The van der Waals surface area contributed by atoms with Crippen molar-refractivity contribution in [3.8, 4) is 0 Å².